The third-order valence-electron chi connectivity index (χ3n) is 7.72. The van der Waals surface area contributed by atoms with Gasteiger partial charge in [0, 0.05) is 17.5 Å². The lowest BCUT2D eigenvalue weighted by molar-refractivity contribution is -0.139. The van der Waals surface area contributed by atoms with Crippen molar-refractivity contribution < 1.29 is 22.7 Å². The Kier molecular flexibility index (Phi) is 11.5. The van der Waals surface area contributed by atoms with E-state index in [9.17, 15) is 18.0 Å². The molecule has 3 aromatic rings. The van der Waals surface area contributed by atoms with Gasteiger partial charge in [0.15, 0.2) is 0 Å². The van der Waals surface area contributed by atoms with Gasteiger partial charge in [0.1, 0.15) is 18.3 Å². The molecular formula is C33H41N3O5S2. The van der Waals surface area contributed by atoms with E-state index in [0.717, 1.165) is 40.4 Å². The number of hydrogen-bond acceptors (Lipinski definition) is 6. The van der Waals surface area contributed by atoms with Crippen molar-refractivity contribution >= 4 is 39.3 Å². The van der Waals surface area contributed by atoms with E-state index < -0.39 is 28.5 Å². The number of hydrogen-bond donors (Lipinski definition) is 1. The Balaban J connectivity index is 1.65. The van der Waals surface area contributed by atoms with Crippen molar-refractivity contribution in [2.75, 3.05) is 30.3 Å². The maximum atomic E-state index is 14.1. The number of nitrogens with one attached hydrogen (secondary N) is 1. The van der Waals surface area contributed by atoms with E-state index in [0.29, 0.717) is 24.5 Å². The summed E-state index contributed by atoms with van der Waals surface area (Å²) in [6.07, 6.45) is 6.44. The number of nitrogens with zero attached hydrogens (tertiary/aromatic N) is 2. The molecule has 8 nitrogen and oxygen atoms in total. The molecule has 230 valence electrons. The lowest BCUT2D eigenvalue weighted by atomic mass is 10.1. The molecule has 1 aliphatic carbocycles. The van der Waals surface area contributed by atoms with Crippen molar-refractivity contribution in [2.24, 2.45) is 0 Å². The number of amides is 2. The quantitative estimate of drug-likeness (QED) is 0.238. The van der Waals surface area contributed by atoms with Crippen molar-refractivity contribution in [2.45, 2.75) is 67.8 Å². The number of benzene rings is 3. The van der Waals surface area contributed by atoms with E-state index in [1.54, 1.807) is 55.5 Å². The van der Waals surface area contributed by atoms with Crippen LogP contribution in [0.2, 0.25) is 0 Å². The smallest absolute Gasteiger partial charge is 0.264 e. The van der Waals surface area contributed by atoms with Crippen molar-refractivity contribution in [1.29, 1.82) is 0 Å². The van der Waals surface area contributed by atoms with Gasteiger partial charge in [-0.25, -0.2) is 8.42 Å². The Hall–Kier alpha value is -3.50. The first kappa shape index (κ1) is 32.4. The Labute approximate surface area is 259 Å². The lowest BCUT2D eigenvalue weighted by Crippen LogP contribution is -2.53. The molecule has 0 heterocycles. The fourth-order valence-corrected chi connectivity index (χ4v) is 7.06. The first-order valence-corrected chi connectivity index (χ1v) is 17.4. The highest BCUT2D eigenvalue weighted by molar-refractivity contribution is 7.98. The van der Waals surface area contributed by atoms with Crippen LogP contribution in [0.4, 0.5) is 5.69 Å². The van der Waals surface area contributed by atoms with Gasteiger partial charge in [-0.1, -0.05) is 43.2 Å². The summed E-state index contributed by atoms with van der Waals surface area (Å²) < 4.78 is 34.8. The molecule has 0 spiro atoms. The van der Waals surface area contributed by atoms with Crippen molar-refractivity contribution in [3.8, 4) is 5.75 Å². The van der Waals surface area contributed by atoms with Gasteiger partial charge in [-0.15, -0.1) is 11.8 Å². The Morgan fingerprint density at radius 3 is 2.23 bits per heavy atom. The third-order valence-corrected chi connectivity index (χ3v) is 10.2. The summed E-state index contributed by atoms with van der Waals surface area (Å²) in [6, 6.07) is 22.3. The van der Waals surface area contributed by atoms with Crippen LogP contribution in [0, 0.1) is 0 Å². The first-order chi connectivity index (χ1) is 20.7. The standard InChI is InChI=1S/C33H41N3O5S2/c1-4-41-29-16-14-28(15-17-29)36(43(39,40)31-20-18-30(42-3)19-21-31)24-32(37)35(23-22-26-10-6-5-7-11-26)25(2)33(38)34-27-12-8-9-13-27/h5-7,10-11,14-21,25,27H,4,8-9,12-13,22-24H2,1-3H3,(H,34,38)/t25-/m1/s1. The number of anilines is 1. The molecule has 4 rings (SSSR count). The summed E-state index contributed by atoms with van der Waals surface area (Å²) >= 11 is 1.51. The number of rotatable bonds is 14. The minimum Gasteiger partial charge on any atom is -0.494 e. The van der Waals surface area contributed by atoms with Crippen LogP contribution in [0.3, 0.4) is 0 Å². The van der Waals surface area contributed by atoms with E-state index in [1.165, 1.54) is 16.7 Å². The molecule has 1 saturated carbocycles. The molecule has 0 radical (unpaired) electrons. The Morgan fingerprint density at radius 1 is 0.977 bits per heavy atom. The van der Waals surface area contributed by atoms with E-state index in [-0.39, 0.29) is 23.4 Å². The van der Waals surface area contributed by atoms with Crippen LogP contribution in [-0.2, 0) is 26.0 Å². The zero-order valence-electron chi connectivity index (χ0n) is 25.1. The molecule has 43 heavy (non-hydrogen) atoms. The molecule has 0 aliphatic heterocycles. The van der Waals surface area contributed by atoms with Gasteiger partial charge in [0.2, 0.25) is 11.8 Å². The van der Waals surface area contributed by atoms with Crippen LogP contribution in [0.1, 0.15) is 45.1 Å². The van der Waals surface area contributed by atoms with Gasteiger partial charge in [-0.05, 0) is 93.5 Å². The fourth-order valence-electron chi connectivity index (χ4n) is 5.24. The molecule has 0 unspecified atom stereocenters. The second-order valence-corrected chi connectivity index (χ2v) is 13.3. The molecule has 10 heteroatoms. The molecule has 1 fully saturated rings. The SMILES string of the molecule is CCOc1ccc(N(CC(=O)N(CCc2ccccc2)[C@H](C)C(=O)NC2CCCC2)S(=O)(=O)c2ccc(SC)cc2)cc1. The van der Waals surface area contributed by atoms with Gasteiger partial charge in [-0.2, -0.15) is 0 Å². The summed E-state index contributed by atoms with van der Waals surface area (Å²) in [7, 11) is -4.13. The second kappa shape index (κ2) is 15.3. The van der Waals surface area contributed by atoms with Crippen LogP contribution in [0.15, 0.2) is 88.7 Å². The Bertz CT molecular complexity index is 1440. The monoisotopic (exact) mass is 623 g/mol. The summed E-state index contributed by atoms with van der Waals surface area (Å²) in [4.78, 5) is 29.9. The molecule has 1 N–H and O–H groups in total. The van der Waals surface area contributed by atoms with E-state index >= 15 is 0 Å². The molecule has 1 atom stereocenters. The summed E-state index contributed by atoms with van der Waals surface area (Å²) in [5.41, 5.74) is 1.35. The van der Waals surface area contributed by atoms with Gasteiger partial charge in [-0.3, -0.25) is 13.9 Å². The minimum atomic E-state index is -4.13. The van der Waals surface area contributed by atoms with Crippen molar-refractivity contribution in [3.05, 3.63) is 84.4 Å². The summed E-state index contributed by atoms with van der Waals surface area (Å²) in [5.74, 6) is -0.0828. The minimum absolute atomic E-state index is 0.0786. The van der Waals surface area contributed by atoms with Gasteiger partial charge >= 0.3 is 0 Å². The molecule has 3 aromatic carbocycles. The van der Waals surface area contributed by atoms with Crippen molar-refractivity contribution in [3.63, 3.8) is 0 Å². The zero-order valence-corrected chi connectivity index (χ0v) is 26.7. The predicted octanol–water partition coefficient (Wildman–Crippen LogP) is 5.52. The summed E-state index contributed by atoms with van der Waals surface area (Å²) in [6.45, 7) is 3.86. The van der Waals surface area contributed by atoms with E-state index in [4.69, 9.17) is 4.74 Å². The molecule has 0 bridgehead atoms. The molecule has 0 aromatic heterocycles. The van der Waals surface area contributed by atoms with Crippen LogP contribution in [-0.4, -0.2) is 63.2 Å². The van der Waals surface area contributed by atoms with Gasteiger partial charge in [0.05, 0.1) is 17.2 Å². The topological polar surface area (TPSA) is 96.0 Å². The molecule has 2 amide bonds. The maximum Gasteiger partial charge on any atom is 0.264 e. The highest BCUT2D eigenvalue weighted by Crippen LogP contribution is 2.28. The average molecular weight is 624 g/mol. The van der Waals surface area contributed by atoms with E-state index in [1.807, 2.05) is 43.5 Å². The highest BCUT2D eigenvalue weighted by atomic mass is 32.2. The molecule has 0 saturated heterocycles. The van der Waals surface area contributed by atoms with Crippen LogP contribution in [0.5, 0.6) is 5.75 Å². The molecule has 1 aliphatic rings. The lowest BCUT2D eigenvalue weighted by Gasteiger charge is -2.32. The number of carbonyl (C=O) groups is 2. The third kappa shape index (κ3) is 8.54. The maximum absolute atomic E-state index is 14.1. The Morgan fingerprint density at radius 2 is 1.63 bits per heavy atom. The number of thioether (sulfide) groups is 1. The van der Waals surface area contributed by atoms with Crippen LogP contribution < -0.4 is 14.4 Å². The number of sulfonamides is 1. The largest absolute Gasteiger partial charge is 0.494 e. The van der Waals surface area contributed by atoms with Crippen LogP contribution in [0.25, 0.3) is 0 Å². The van der Waals surface area contributed by atoms with Gasteiger partial charge in [0.25, 0.3) is 10.0 Å². The van der Waals surface area contributed by atoms with Crippen molar-refractivity contribution in [1.82, 2.24) is 10.2 Å². The average Bonchev–Trinajstić information content (AvgIpc) is 3.54. The normalized spacial score (nSPS) is 14.2. The summed E-state index contributed by atoms with van der Waals surface area (Å²) in [5, 5.41) is 3.10. The fraction of sp³-hybridized carbons (Fsp3) is 0.394. The van der Waals surface area contributed by atoms with E-state index in [2.05, 4.69) is 5.32 Å². The van der Waals surface area contributed by atoms with Gasteiger partial charge < -0.3 is 15.0 Å². The second-order valence-electron chi connectivity index (χ2n) is 10.6. The van der Waals surface area contributed by atoms with Crippen LogP contribution >= 0.6 is 11.8 Å². The zero-order chi connectivity index (χ0) is 30.8. The highest BCUT2D eigenvalue weighted by Gasteiger charge is 2.33. The number of carbonyl (C=O) groups excluding carboxylic acids is 2. The first-order valence-electron chi connectivity index (χ1n) is 14.8. The molecular weight excluding hydrogens is 583 g/mol. The predicted molar refractivity (Wildman–Crippen MR) is 172 cm³/mol. The number of ether oxygens (including phenoxy) is 1.